The second-order valence-corrected chi connectivity index (χ2v) is 6.46. The van der Waals surface area contributed by atoms with E-state index in [4.69, 9.17) is 14.2 Å². The summed E-state index contributed by atoms with van der Waals surface area (Å²) in [7, 11) is 1.49. The van der Waals surface area contributed by atoms with Crippen molar-refractivity contribution in [3.8, 4) is 11.5 Å². The van der Waals surface area contributed by atoms with E-state index in [1.165, 1.54) is 22.7 Å². The molecule has 0 saturated heterocycles. The lowest BCUT2D eigenvalue weighted by molar-refractivity contribution is -0.384. The van der Waals surface area contributed by atoms with Crippen LogP contribution >= 0.6 is 0 Å². The Labute approximate surface area is 166 Å². The second kappa shape index (κ2) is 8.63. The number of fused-ring (bicyclic) bond motifs is 1. The third-order valence-corrected chi connectivity index (χ3v) is 4.46. The van der Waals surface area contributed by atoms with Crippen molar-refractivity contribution < 1.29 is 28.7 Å². The fraction of sp³-hybridized carbons (Fsp3) is 0.368. The molecule has 10 heteroatoms. The van der Waals surface area contributed by atoms with Crippen LogP contribution in [0.3, 0.4) is 0 Å². The number of likely N-dealkylation sites (N-methyl/N-ethyl adjacent to an activating group) is 1. The molecule has 1 amide bonds. The van der Waals surface area contributed by atoms with Crippen LogP contribution in [0, 0.1) is 10.1 Å². The first-order chi connectivity index (χ1) is 13.9. The van der Waals surface area contributed by atoms with Crippen molar-refractivity contribution in [2.75, 3.05) is 26.3 Å². The number of aryl methyl sites for hydroxylation is 1. The summed E-state index contributed by atoms with van der Waals surface area (Å²) in [4.78, 5) is 36.3. The molecule has 0 fully saturated rings. The third-order valence-electron chi connectivity index (χ3n) is 4.46. The molecule has 2 aromatic rings. The van der Waals surface area contributed by atoms with Crippen LogP contribution in [0.5, 0.6) is 11.5 Å². The van der Waals surface area contributed by atoms with E-state index in [1.54, 1.807) is 13.0 Å². The van der Waals surface area contributed by atoms with Gasteiger partial charge in [-0.3, -0.25) is 14.9 Å². The van der Waals surface area contributed by atoms with Gasteiger partial charge in [0.05, 0.1) is 17.7 Å². The van der Waals surface area contributed by atoms with Gasteiger partial charge in [-0.05, 0) is 19.1 Å². The maximum absolute atomic E-state index is 12.5. The van der Waals surface area contributed by atoms with Crippen molar-refractivity contribution in [2.24, 2.45) is 7.05 Å². The van der Waals surface area contributed by atoms with Gasteiger partial charge in [-0.25, -0.2) is 4.79 Å². The van der Waals surface area contributed by atoms with Crippen molar-refractivity contribution in [1.82, 2.24) is 9.47 Å². The highest BCUT2D eigenvalue weighted by molar-refractivity contribution is 5.90. The number of hydrogen-bond donors (Lipinski definition) is 0. The number of benzene rings is 1. The van der Waals surface area contributed by atoms with Crippen LogP contribution in [-0.2, 0) is 16.6 Å². The Morgan fingerprint density at radius 1 is 1.34 bits per heavy atom. The third kappa shape index (κ3) is 4.65. The average Bonchev–Trinajstić information content (AvgIpc) is 3.12. The minimum absolute atomic E-state index is 0.00632. The first-order valence-corrected chi connectivity index (χ1v) is 9.03. The summed E-state index contributed by atoms with van der Waals surface area (Å²) in [5.41, 5.74) is -0.233. The Morgan fingerprint density at radius 3 is 2.72 bits per heavy atom. The number of hydrogen-bond acceptors (Lipinski definition) is 7. The highest BCUT2D eigenvalue weighted by Crippen LogP contribution is 2.31. The molecule has 0 spiro atoms. The Balaban J connectivity index is 1.55. The van der Waals surface area contributed by atoms with Gasteiger partial charge in [0.25, 0.3) is 11.6 Å². The van der Waals surface area contributed by atoms with Gasteiger partial charge in [0.1, 0.15) is 12.3 Å². The minimum Gasteiger partial charge on any atom is -0.486 e. The molecule has 2 heterocycles. The number of nitro groups is 1. The number of ether oxygens (including phenoxy) is 3. The van der Waals surface area contributed by atoms with E-state index < -0.39 is 23.4 Å². The van der Waals surface area contributed by atoms with Crippen molar-refractivity contribution in [3.05, 3.63) is 52.3 Å². The van der Waals surface area contributed by atoms with Crippen molar-refractivity contribution in [2.45, 2.75) is 13.0 Å². The second-order valence-electron chi connectivity index (χ2n) is 6.46. The number of nitrogens with zero attached hydrogens (tertiary/aromatic N) is 3. The number of aromatic nitrogens is 1. The molecule has 3 rings (SSSR count). The van der Waals surface area contributed by atoms with E-state index in [0.29, 0.717) is 24.7 Å². The summed E-state index contributed by atoms with van der Waals surface area (Å²) in [6, 6.07) is 8.39. The van der Waals surface area contributed by atoms with E-state index in [0.717, 1.165) is 6.07 Å². The summed E-state index contributed by atoms with van der Waals surface area (Å²) >= 11 is 0. The van der Waals surface area contributed by atoms with Crippen molar-refractivity contribution in [3.63, 3.8) is 0 Å². The van der Waals surface area contributed by atoms with Crippen LogP contribution in [0.4, 0.5) is 5.69 Å². The van der Waals surface area contributed by atoms with E-state index in [9.17, 15) is 19.7 Å². The highest BCUT2D eigenvalue weighted by Gasteiger charge is 2.26. The van der Waals surface area contributed by atoms with E-state index >= 15 is 0 Å². The topological polar surface area (TPSA) is 113 Å². The number of rotatable bonds is 7. The van der Waals surface area contributed by atoms with E-state index in [2.05, 4.69) is 0 Å². The predicted molar refractivity (Wildman–Crippen MR) is 101 cm³/mol. The standard InChI is InChI=1S/C19H21N3O7/c1-3-21(10-14-11-27-16-6-4-5-7-17(16)29-14)18(23)12-28-19(24)15-8-13(22(25)26)9-20(15)2/h4-9,14H,3,10-12H2,1-2H3. The zero-order valence-corrected chi connectivity index (χ0v) is 16.1. The Hall–Kier alpha value is -3.56. The van der Waals surface area contributed by atoms with Gasteiger partial charge >= 0.3 is 5.97 Å². The summed E-state index contributed by atoms with van der Waals surface area (Å²) in [5, 5.41) is 10.8. The molecule has 10 nitrogen and oxygen atoms in total. The first-order valence-electron chi connectivity index (χ1n) is 9.03. The van der Waals surface area contributed by atoms with Crippen LogP contribution in [0.2, 0.25) is 0 Å². The van der Waals surface area contributed by atoms with Gasteiger partial charge in [0, 0.05) is 19.7 Å². The van der Waals surface area contributed by atoms with Crippen LogP contribution < -0.4 is 9.47 Å². The summed E-state index contributed by atoms with van der Waals surface area (Å²) in [6.45, 7) is 2.30. The van der Waals surface area contributed by atoms with Crippen LogP contribution in [0.1, 0.15) is 17.4 Å². The lowest BCUT2D eigenvalue weighted by atomic mass is 10.2. The number of amides is 1. The highest BCUT2D eigenvalue weighted by atomic mass is 16.6. The molecular weight excluding hydrogens is 382 g/mol. The molecule has 0 radical (unpaired) electrons. The molecule has 0 bridgehead atoms. The average molecular weight is 403 g/mol. The van der Waals surface area contributed by atoms with Gasteiger partial charge in [-0.15, -0.1) is 0 Å². The van der Waals surface area contributed by atoms with E-state index in [1.807, 2.05) is 18.2 Å². The lowest BCUT2D eigenvalue weighted by Gasteiger charge is -2.30. The molecule has 1 aromatic carbocycles. The molecule has 1 aromatic heterocycles. The molecule has 1 aliphatic rings. The molecule has 0 saturated carbocycles. The molecule has 1 aliphatic heterocycles. The van der Waals surface area contributed by atoms with Gasteiger partial charge < -0.3 is 23.7 Å². The monoisotopic (exact) mass is 403 g/mol. The molecular formula is C19H21N3O7. The maximum Gasteiger partial charge on any atom is 0.355 e. The summed E-state index contributed by atoms with van der Waals surface area (Å²) in [5.74, 6) is 0.0656. The Kier molecular flexibility index (Phi) is 6.01. The normalized spacial score (nSPS) is 14.9. The number of para-hydroxylation sites is 2. The largest absolute Gasteiger partial charge is 0.486 e. The molecule has 1 unspecified atom stereocenters. The summed E-state index contributed by atoms with van der Waals surface area (Å²) in [6.07, 6.45) is 0.856. The Bertz CT molecular complexity index is 924. The van der Waals surface area contributed by atoms with Crippen molar-refractivity contribution >= 4 is 17.6 Å². The number of carbonyl (C=O) groups excluding carboxylic acids is 2. The van der Waals surface area contributed by atoms with Gasteiger partial charge in [-0.1, -0.05) is 12.1 Å². The number of esters is 1. The van der Waals surface area contributed by atoms with Crippen molar-refractivity contribution in [1.29, 1.82) is 0 Å². The fourth-order valence-electron chi connectivity index (χ4n) is 2.95. The molecule has 1 atom stereocenters. The van der Waals surface area contributed by atoms with Crippen LogP contribution in [-0.4, -0.2) is 58.7 Å². The quantitative estimate of drug-likeness (QED) is 0.393. The lowest BCUT2D eigenvalue weighted by Crippen LogP contribution is -2.45. The van der Waals surface area contributed by atoms with E-state index in [-0.39, 0.29) is 24.0 Å². The minimum atomic E-state index is -0.809. The van der Waals surface area contributed by atoms with Crippen LogP contribution in [0.15, 0.2) is 36.5 Å². The molecule has 0 N–H and O–H groups in total. The van der Waals surface area contributed by atoms with Gasteiger partial charge in [-0.2, -0.15) is 0 Å². The van der Waals surface area contributed by atoms with Crippen LogP contribution in [0.25, 0.3) is 0 Å². The maximum atomic E-state index is 12.5. The smallest absolute Gasteiger partial charge is 0.355 e. The zero-order chi connectivity index (χ0) is 21.0. The number of carbonyl (C=O) groups is 2. The van der Waals surface area contributed by atoms with Gasteiger partial charge in [0.2, 0.25) is 0 Å². The first kappa shape index (κ1) is 20.2. The fourth-order valence-corrected chi connectivity index (χ4v) is 2.95. The summed E-state index contributed by atoms with van der Waals surface area (Å²) < 4.78 is 17.8. The Morgan fingerprint density at radius 2 is 2.07 bits per heavy atom. The zero-order valence-electron chi connectivity index (χ0n) is 16.1. The molecule has 29 heavy (non-hydrogen) atoms. The van der Waals surface area contributed by atoms with Gasteiger partial charge in [0.15, 0.2) is 24.2 Å². The molecule has 154 valence electrons. The SMILES string of the molecule is CCN(CC1COc2ccccc2O1)C(=O)COC(=O)c1cc([N+](=O)[O-])cn1C. The molecule has 0 aliphatic carbocycles. The predicted octanol–water partition coefficient (Wildman–Crippen LogP) is 1.78.